The van der Waals surface area contributed by atoms with Crippen LogP contribution in [0, 0.1) is 0 Å². The number of nitrogens with one attached hydrogen (secondary N) is 2. The Labute approximate surface area is 162 Å². The molecule has 0 unspecified atom stereocenters. The van der Waals surface area contributed by atoms with Crippen molar-refractivity contribution in [3.8, 4) is 11.5 Å². The van der Waals surface area contributed by atoms with E-state index in [0.717, 1.165) is 18.0 Å². The van der Waals surface area contributed by atoms with Crippen molar-refractivity contribution in [2.45, 2.75) is 45.2 Å². The van der Waals surface area contributed by atoms with Crippen LogP contribution in [0.5, 0.6) is 11.5 Å². The fraction of sp³-hybridized carbons (Fsp3) is 0.500. The molecule has 3 rings (SSSR count). The Morgan fingerprint density at radius 1 is 1.15 bits per heavy atom. The molecule has 1 saturated heterocycles. The molecule has 2 heterocycles. The Morgan fingerprint density at radius 3 is 2.56 bits per heavy atom. The number of urea groups is 1. The predicted octanol–water partition coefficient (Wildman–Crippen LogP) is 3.97. The number of ether oxygens (including phenoxy) is 2. The lowest BCUT2D eigenvalue weighted by Crippen LogP contribution is -2.43. The van der Waals surface area contributed by atoms with Crippen molar-refractivity contribution in [2.75, 3.05) is 29.8 Å². The molecule has 0 saturated carbocycles. The van der Waals surface area contributed by atoms with Gasteiger partial charge in [0.25, 0.3) is 0 Å². The quantitative estimate of drug-likeness (QED) is 0.802. The first-order chi connectivity index (χ1) is 13.0. The third-order valence-electron chi connectivity index (χ3n) is 4.70. The molecule has 146 valence electrons. The van der Waals surface area contributed by atoms with Gasteiger partial charge in [-0.2, -0.15) is 0 Å². The fourth-order valence-corrected chi connectivity index (χ4v) is 4.28. The van der Waals surface area contributed by atoms with Crippen LogP contribution in [0.25, 0.3) is 0 Å². The Hall–Kier alpha value is -2.55. The summed E-state index contributed by atoms with van der Waals surface area (Å²) >= 11 is 1.38. The number of hydrogen-bond acceptors (Lipinski definition) is 7. The molecule has 8 nitrogen and oxygen atoms in total. The summed E-state index contributed by atoms with van der Waals surface area (Å²) in [6, 6.07) is 5.62. The first-order valence-corrected chi connectivity index (χ1v) is 9.75. The highest BCUT2D eigenvalue weighted by molar-refractivity contribution is 7.19. The topological polar surface area (TPSA) is 88.6 Å². The molecule has 1 aromatic heterocycles. The lowest BCUT2D eigenvalue weighted by atomic mass is 9.98. The van der Waals surface area contributed by atoms with Crippen molar-refractivity contribution < 1.29 is 14.3 Å². The summed E-state index contributed by atoms with van der Waals surface area (Å²) in [5, 5.41) is 15.2. The average molecular weight is 391 g/mol. The van der Waals surface area contributed by atoms with E-state index >= 15 is 0 Å². The van der Waals surface area contributed by atoms with Gasteiger partial charge in [0.15, 0.2) is 0 Å². The summed E-state index contributed by atoms with van der Waals surface area (Å²) in [6.45, 7) is 4.40. The van der Waals surface area contributed by atoms with E-state index in [0.29, 0.717) is 34.4 Å². The molecule has 27 heavy (non-hydrogen) atoms. The predicted molar refractivity (Wildman–Crippen MR) is 107 cm³/mol. The van der Waals surface area contributed by atoms with Gasteiger partial charge in [-0.1, -0.05) is 11.3 Å². The molecule has 0 spiro atoms. The molecule has 0 bridgehead atoms. The number of carbonyl (C=O) groups is 1. The van der Waals surface area contributed by atoms with Crippen molar-refractivity contribution in [2.24, 2.45) is 0 Å². The molecular weight excluding hydrogens is 366 g/mol. The Morgan fingerprint density at radius 2 is 1.89 bits per heavy atom. The van der Waals surface area contributed by atoms with E-state index in [9.17, 15) is 4.79 Å². The van der Waals surface area contributed by atoms with Crippen LogP contribution in [0.4, 0.5) is 20.7 Å². The number of anilines is 3. The SMILES string of the molecule is COc1ccc(OC)c(NC(=O)Nc2nnc(N3[C@@H](C)CCC[C@@H]3C)s2)c1. The molecule has 1 aliphatic heterocycles. The van der Waals surface area contributed by atoms with Crippen LogP contribution in [0.2, 0.25) is 0 Å². The maximum atomic E-state index is 12.4. The highest BCUT2D eigenvalue weighted by atomic mass is 32.1. The first kappa shape index (κ1) is 19.2. The number of carbonyl (C=O) groups excluding carboxylic acids is 1. The second-order valence-electron chi connectivity index (χ2n) is 6.57. The van der Waals surface area contributed by atoms with Crippen LogP contribution in [0.1, 0.15) is 33.1 Å². The van der Waals surface area contributed by atoms with Crippen LogP contribution in [-0.2, 0) is 0 Å². The van der Waals surface area contributed by atoms with Gasteiger partial charge in [0.05, 0.1) is 19.9 Å². The van der Waals surface area contributed by atoms with E-state index in [1.54, 1.807) is 32.4 Å². The van der Waals surface area contributed by atoms with Crippen LogP contribution in [-0.4, -0.2) is 42.5 Å². The summed E-state index contributed by atoms with van der Waals surface area (Å²) in [7, 11) is 3.11. The summed E-state index contributed by atoms with van der Waals surface area (Å²) in [5.74, 6) is 1.16. The lowest BCUT2D eigenvalue weighted by Gasteiger charge is -2.38. The minimum atomic E-state index is -0.413. The monoisotopic (exact) mass is 391 g/mol. The van der Waals surface area contributed by atoms with Crippen molar-refractivity contribution in [3.05, 3.63) is 18.2 Å². The van der Waals surface area contributed by atoms with Crippen LogP contribution in [0.15, 0.2) is 18.2 Å². The van der Waals surface area contributed by atoms with E-state index in [4.69, 9.17) is 9.47 Å². The van der Waals surface area contributed by atoms with E-state index < -0.39 is 6.03 Å². The molecule has 2 amide bonds. The van der Waals surface area contributed by atoms with Crippen LogP contribution >= 0.6 is 11.3 Å². The molecule has 1 aliphatic rings. The average Bonchev–Trinajstić information content (AvgIpc) is 3.09. The van der Waals surface area contributed by atoms with Gasteiger partial charge in [0.1, 0.15) is 11.5 Å². The normalized spacial score (nSPS) is 19.5. The minimum absolute atomic E-state index is 0.413. The van der Waals surface area contributed by atoms with E-state index in [1.165, 1.54) is 17.8 Å². The highest BCUT2D eigenvalue weighted by Crippen LogP contribution is 2.33. The Balaban J connectivity index is 1.68. The van der Waals surface area contributed by atoms with Crippen molar-refractivity contribution >= 4 is 33.3 Å². The van der Waals surface area contributed by atoms with Crippen molar-refractivity contribution in [3.63, 3.8) is 0 Å². The standard InChI is InChI=1S/C18H25N5O3S/c1-11-6-5-7-12(2)23(11)18-22-21-17(27-18)20-16(24)19-14-10-13(25-3)8-9-15(14)26-4/h8-12H,5-7H2,1-4H3,(H2,19,20,21,24)/t11-,12-/m0/s1. The first-order valence-electron chi connectivity index (χ1n) is 8.93. The maximum Gasteiger partial charge on any atom is 0.325 e. The second kappa shape index (κ2) is 8.43. The van der Waals surface area contributed by atoms with Crippen LogP contribution < -0.4 is 25.0 Å². The zero-order valence-corrected chi connectivity index (χ0v) is 16.8. The third kappa shape index (κ3) is 4.41. The number of rotatable bonds is 5. The van der Waals surface area contributed by atoms with Gasteiger partial charge in [0, 0.05) is 18.2 Å². The number of amides is 2. The number of benzene rings is 1. The number of methoxy groups -OCH3 is 2. The van der Waals surface area contributed by atoms with E-state index in [2.05, 4.69) is 39.6 Å². The fourth-order valence-electron chi connectivity index (χ4n) is 3.33. The third-order valence-corrected chi connectivity index (χ3v) is 5.56. The Bertz CT molecular complexity index is 787. The zero-order chi connectivity index (χ0) is 19.4. The summed E-state index contributed by atoms with van der Waals surface area (Å²) in [5.41, 5.74) is 0.511. The van der Waals surface area contributed by atoms with Gasteiger partial charge in [-0.15, -0.1) is 10.2 Å². The molecule has 1 aromatic carbocycles. The van der Waals surface area contributed by atoms with Gasteiger partial charge in [-0.05, 0) is 45.2 Å². The van der Waals surface area contributed by atoms with Crippen molar-refractivity contribution in [1.82, 2.24) is 10.2 Å². The zero-order valence-electron chi connectivity index (χ0n) is 16.0. The number of aromatic nitrogens is 2. The molecule has 2 atom stereocenters. The number of piperidine rings is 1. The molecule has 0 radical (unpaired) electrons. The molecule has 0 aliphatic carbocycles. The second-order valence-corrected chi connectivity index (χ2v) is 7.53. The maximum absolute atomic E-state index is 12.4. The van der Waals surface area contributed by atoms with Gasteiger partial charge >= 0.3 is 6.03 Å². The van der Waals surface area contributed by atoms with Crippen molar-refractivity contribution in [1.29, 1.82) is 0 Å². The summed E-state index contributed by atoms with van der Waals surface area (Å²) in [4.78, 5) is 14.7. The van der Waals surface area contributed by atoms with Gasteiger partial charge in [-0.25, -0.2) is 4.79 Å². The highest BCUT2D eigenvalue weighted by Gasteiger charge is 2.27. The molecule has 9 heteroatoms. The molecule has 2 N–H and O–H groups in total. The van der Waals surface area contributed by atoms with Gasteiger partial charge < -0.3 is 19.7 Å². The van der Waals surface area contributed by atoms with Gasteiger partial charge in [0.2, 0.25) is 10.3 Å². The Kier molecular flexibility index (Phi) is 6.00. The number of nitrogens with zero attached hydrogens (tertiary/aromatic N) is 3. The lowest BCUT2D eigenvalue weighted by molar-refractivity contribution is 0.262. The molecular formula is C18H25N5O3S. The summed E-state index contributed by atoms with van der Waals surface area (Å²) in [6.07, 6.45) is 3.51. The minimum Gasteiger partial charge on any atom is -0.497 e. The molecule has 1 fully saturated rings. The molecule has 2 aromatic rings. The van der Waals surface area contributed by atoms with E-state index in [1.807, 2.05) is 0 Å². The van der Waals surface area contributed by atoms with E-state index in [-0.39, 0.29) is 0 Å². The largest absolute Gasteiger partial charge is 0.497 e. The number of hydrogen-bond donors (Lipinski definition) is 2. The van der Waals surface area contributed by atoms with Gasteiger partial charge in [-0.3, -0.25) is 5.32 Å². The summed E-state index contributed by atoms with van der Waals surface area (Å²) < 4.78 is 10.5. The van der Waals surface area contributed by atoms with Crippen LogP contribution in [0.3, 0.4) is 0 Å². The smallest absolute Gasteiger partial charge is 0.325 e.